The van der Waals surface area contributed by atoms with Crippen LogP contribution in [0.25, 0.3) is 104 Å². The number of benzene rings is 10. The number of halogens is 6. The van der Waals surface area contributed by atoms with Crippen molar-refractivity contribution >= 4 is 117 Å². The largest absolute Gasteiger partial charge is 1.00 e. The normalized spacial score (nSPS) is 15.8. The second kappa shape index (κ2) is 28.0. The van der Waals surface area contributed by atoms with Crippen LogP contribution in [0, 0.1) is 62.8 Å². The Morgan fingerprint density at radius 1 is 0.459 bits per heavy atom. The SMILES string of the molecule is N#Cc1c(F)c(F)c(C#N)c(Cl)c1F.O=CO[O-].[2H]CF.[2H]c1c([2H])c([2H])c2c([nH]c3c([2H])c([2H])c([2H])c([2H])c32)c1[2H].[2H]c1c([2H])c([2H])c2c(c1[2H])c1c([2H])c([2H])c([2H])c([2H])c1n2-c1c(Cl)c(C#N)c(-n2c3c([2H])c([2H])c([2H])c([2H])c3c3c([2H])c([2H])c([2H])c([2H])c32)c(-n2c3c([2H])c([2H])c([2H])c([2H])c3c3c([2H])c([2H])c([2H])c([2H])c32)c1C#N.[H-].[K+].[K+]. The van der Waals surface area contributed by atoms with Gasteiger partial charge in [-0.1, -0.05) is 168 Å². The first kappa shape index (κ1) is 32.8. The summed E-state index contributed by atoms with van der Waals surface area (Å²) in [6.07, 6.45) is 0. The summed E-state index contributed by atoms with van der Waals surface area (Å²) in [5.41, 5.74) is -10.7. The van der Waals surface area contributed by atoms with Crippen molar-refractivity contribution in [1.29, 1.82) is 21.0 Å². The molecule has 4 heterocycles. The molecule has 0 saturated heterocycles. The van der Waals surface area contributed by atoms with Crippen LogP contribution in [-0.2, 0) is 9.68 Å². The number of H-pyrrole nitrogens is 1. The van der Waals surface area contributed by atoms with Gasteiger partial charge in [0.25, 0.3) is 6.47 Å². The molecule has 0 unspecified atom stereocenters. The molecule has 0 saturated carbocycles. The molecule has 10 aromatic carbocycles. The van der Waals surface area contributed by atoms with E-state index in [2.05, 4.69) is 9.87 Å². The topological polar surface area (TPSA) is 175 Å². The van der Waals surface area contributed by atoms with Gasteiger partial charge in [0, 0.05) is 54.1 Å². The van der Waals surface area contributed by atoms with Crippen molar-refractivity contribution in [3.05, 3.63) is 243 Å². The van der Waals surface area contributed by atoms with Gasteiger partial charge in [0.1, 0.15) is 41.0 Å². The summed E-state index contributed by atoms with van der Waals surface area (Å²) in [6, 6.07) is -18.8. The number of rotatable bonds is 4. The van der Waals surface area contributed by atoms with Gasteiger partial charge in [-0.2, -0.15) is 21.0 Å². The minimum absolute atomic E-state index is 0. The van der Waals surface area contributed by atoms with E-state index in [-0.39, 0.29) is 157 Å². The number of para-hydroxylation sites is 8. The molecule has 0 fully saturated rings. The summed E-state index contributed by atoms with van der Waals surface area (Å²) >= 11 is 12.6. The maximum atomic E-state index is 13.0. The number of carbonyl (C=O) groups excluding carboxylic acids is 1. The molecule has 404 valence electrons. The summed E-state index contributed by atoms with van der Waals surface area (Å²) in [4.78, 5) is 14.0. The molecule has 0 bridgehead atoms. The first-order chi connectivity index (χ1) is 54.3. The van der Waals surface area contributed by atoms with E-state index in [1.54, 1.807) is 0 Å². The van der Waals surface area contributed by atoms with E-state index in [1.165, 1.54) is 6.07 Å². The molecular formula is C66H38Cl2F4K2N8O3. The molecule has 4 aromatic heterocycles. The monoisotopic (exact) mass is 1250 g/mol. The number of nitrogens with one attached hydrogen (secondary N) is 1. The number of hydrogen-bond donors (Lipinski definition) is 1. The standard InChI is InChI=1S/C44H24ClN5.C12H9N.C8ClF3N2.CH3F.CH2O3.2K.H/c45-41-33(25-46)43(49-37-21-9-3-15-29(37)30-16-4-10-22-38(30)49)44(50-39-23-11-5-17-31(39)32-18-6-12-24-40(32)50)34(26-47)42(41)48-35-19-7-1-13-27(35)28-14-2-8-20-36(28)48;1-3-7-11-9(5-1)10-6-2-4-8-12(10)13-11;9-5-3(1-13)7(11)8(12)4(2-14)6(5)10;1-2;2-1-4-3;;;/h1-24H;1-8,13H;;1H3;1,3H;;;/q;;;;;2*+1;-1/p-1/i1D,2D,3D,4D,5D,6D,7D,8D,9D,10D,11D,12D,13D,14D,15D,16D,17D,18D,19D,20D,21D,22D,23D,24D;1D,2D,3D,4D,5D,6D,7D,8D;;1D;;;;. The number of aromatic amines is 1. The van der Waals surface area contributed by atoms with Gasteiger partial charge >= 0.3 is 103 Å². The summed E-state index contributed by atoms with van der Waals surface area (Å²) in [5.74, 6) is -4.74. The van der Waals surface area contributed by atoms with Gasteiger partial charge in [-0.25, -0.2) is 13.2 Å². The van der Waals surface area contributed by atoms with E-state index in [0.29, 0.717) is 0 Å². The van der Waals surface area contributed by atoms with E-state index in [1.807, 2.05) is 12.1 Å². The predicted octanol–water partition coefficient (Wildman–Crippen LogP) is 10.3. The van der Waals surface area contributed by atoms with E-state index in [9.17, 15) is 36.3 Å². The third-order valence-electron chi connectivity index (χ3n) is 11.8. The zero-order valence-corrected chi connectivity index (χ0v) is 50.2. The maximum absolute atomic E-state index is 13.0. The Balaban J connectivity index is 0.000000352. The Hall–Kier alpha value is -7.64. The molecule has 0 amide bonds. The second-order valence-electron chi connectivity index (χ2n) is 15.7. The second-order valence-corrected chi connectivity index (χ2v) is 16.5. The molecule has 14 aromatic rings. The van der Waals surface area contributed by atoms with Gasteiger partial charge in [0.05, 0.1) is 118 Å². The molecule has 11 nitrogen and oxygen atoms in total. The number of alkyl halides is 1. The number of hydrogen-bond acceptors (Lipinski definition) is 7. The summed E-state index contributed by atoms with van der Waals surface area (Å²) in [6.45, 7) is -0.181. The Morgan fingerprint density at radius 3 is 1.02 bits per heavy atom. The van der Waals surface area contributed by atoms with Crippen molar-refractivity contribution in [2.75, 3.05) is 7.15 Å². The number of aromatic nitrogens is 4. The fraction of sp³-hybridized carbons (Fsp3) is 0.0152. The van der Waals surface area contributed by atoms with Crippen molar-refractivity contribution in [3.8, 4) is 41.3 Å². The Labute approximate surface area is 624 Å². The average molecular weight is 1250 g/mol. The molecule has 0 radical (unpaired) electrons. The molecule has 0 aliphatic rings. The van der Waals surface area contributed by atoms with Gasteiger partial charge in [-0.3, -0.25) is 9.18 Å². The smallest absolute Gasteiger partial charge is 1.00 e. The first-order valence-electron chi connectivity index (χ1n) is 39.0. The Morgan fingerprint density at radius 2 is 0.718 bits per heavy atom. The number of nitrogens with zero attached hydrogens (tertiary/aromatic N) is 7. The van der Waals surface area contributed by atoms with Crippen molar-refractivity contribution < 1.29 is 182 Å². The quantitative estimate of drug-likeness (QED) is 0.0456. The summed E-state index contributed by atoms with van der Waals surface area (Å²) in [5, 5.41) is 43.5. The number of fused-ring (bicyclic) bond motifs is 12. The molecule has 1 N–H and O–H groups in total. The molecule has 85 heavy (non-hydrogen) atoms. The third-order valence-corrected chi connectivity index (χ3v) is 12.5. The molecule has 0 aliphatic carbocycles. The molecule has 19 heteroatoms. The van der Waals surface area contributed by atoms with Crippen LogP contribution in [0.15, 0.2) is 193 Å². The van der Waals surface area contributed by atoms with Gasteiger partial charge in [0.15, 0.2) is 17.5 Å². The Kier molecular flexibility index (Phi) is 10.8. The molecular weight excluding hydrogens is 1180 g/mol. The van der Waals surface area contributed by atoms with Crippen LogP contribution in [0.1, 0.15) is 68.9 Å². The zero-order valence-electron chi connectivity index (χ0n) is 76.4. The summed E-state index contributed by atoms with van der Waals surface area (Å²) in [7, 11) is -1.00. The zero-order chi connectivity index (χ0) is 87.0. The van der Waals surface area contributed by atoms with Crippen LogP contribution in [0.2, 0.25) is 10.0 Å². The van der Waals surface area contributed by atoms with Crippen molar-refractivity contribution in [2.24, 2.45) is 0 Å². The third kappa shape index (κ3) is 11.3. The van der Waals surface area contributed by atoms with Crippen LogP contribution in [0.3, 0.4) is 0 Å². The molecule has 0 aliphatic heterocycles. The van der Waals surface area contributed by atoms with Crippen molar-refractivity contribution in [2.45, 2.75) is 0 Å². The van der Waals surface area contributed by atoms with Crippen LogP contribution >= 0.6 is 23.2 Å². The molecule has 0 spiro atoms. The number of carbonyl (C=O) groups is 1. The molecule has 14 rings (SSSR count). The van der Waals surface area contributed by atoms with Crippen LogP contribution < -0.4 is 108 Å². The van der Waals surface area contributed by atoms with Crippen molar-refractivity contribution in [3.63, 3.8) is 0 Å². The fourth-order valence-corrected chi connectivity index (χ4v) is 9.14. The first-order valence-corrected chi connectivity index (χ1v) is 23.0. The number of nitriles is 4. The maximum Gasteiger partial charge on any atom is 1.00 e. The summed E-state index contributed by atoms with van der Waals surface area (Å²) < 4.78 is 334. The molecule has 0 atom stereocenters. The van der Waals surface area contributed by atoms with Crippen LogP contribution in [-0.4, -0.2) is 32.3 Å². The van der Waals surface area contributed by atoms with E-state index in [4.69, 9.17) is 80.8 Å². The minimum atomic E-state index is -1.70. The van der Waals surface area contributed by atoms with E-state index < -0.39 is 309 Å². The van der Waals surface area contributed by atoms with Gasteiger partial charge in [-0.05, 0) is 48.3 Å². The van der Waals surface area contributed by atoms with E-state index in [0.717, 1.165) is 19.8 Å². The van der Waals surface area contributed by atoms with E-state index >= 15 is 0 Å². The van der Waals surface area contributed by atoms with Crippen LogP contribution in [0.5, 0.6) is 0 Å². The van der Waals surface area contributed by atoms with Crippen molar-refractivity contribution in [1.82, 2.24) is 18.7 Å². The van der Waals surface area contributed by atoms with Crippen LogP contribution in [0.4, 0.5) is 17.6 Å². The van der Waals surface area contributed by atoms with Gasteiger partial charge in [-0.15, -0.1) is 0 Å². The van der Waals surface area contributed by atoms with Gasteiger partial charge < -0.3 is 30.3 Å². The fourth-order valence-electron chi connectivity index (χ4n) is 8.61. The predicted molar refractivity (Wildman–Crippen MR) is 316 cm³/mol. The average Bonchev–Trinajstić information content (AvgIpc) is 1.52. The Bertz CT molecular complexity index is 6670. The minimum Gasteiger partial charge on any atom is -1.00 e. The van der Waals surface area contributed by atoms with Gasteiger partial charge in [0.2, 0.25) is 0 Å².